The maximum absolute atomic E-state index is 12.1. The second-order valence-corrected chi connectivity index (χ2v) is 9.39. The van der Waals surface area contributed by atoms with Gasteiger partial charge in [0.15, 0.2) is 0 Å². The number of aromatic nitrogens is 2. The first kappa shape index (κ1) is 20.4. The SMILES string of the molecule is CC(C)c1cc(C(C)C)n(-c2ccc(C3CN(C(=O)OC(C)(C)C)C3)cc2)n1. The first-order valence-corrected chi connectivity index (χ1v) is 10.2. The highest BCUT2D eigenvalue weighted by atomic mass is 16.6. The lowest BCUT2D eigenvalue weighted by Crippen LogP contribution is -2.50. The summed E-state index contributed by atoms with van der Waals surface area (Å²) in [7, 11) is 0. The molecule has 28 heavy (non-hydrogen) atoms. The molecule has 3 rings (SSSR count). The molecule has 0 bridgehead atoms. The average Bonchev–Trinajstić information content (AvgIpc) is 2.98. The third-order valence-electron chi connectivity index (χ3n) is 5.08. The average molecular weight is 384 g/mol. The summed E-state index contributed by atoms with van der Waals surface area (Å²) in [6, 6.07) is 10.8. The van der Waals surface area contributed by atoms with Crippen molar-refractivity contribution >= 4 is 6.09 Å². The van der Waals surface area contributed by atoms with E-state index in [4.69, 9.17) is 9.84 Å². The largest absolute Gasteiger partial charge is 0.444 e. The number of carbonyl (C=O) groups is 1. The van der Waals surface area contributed by atoms with Crippen LogP contribution in [0.15, 0.2) is 30.3 Å². The smallest absolute Gasteiger partial charge is 0.410 e. The van der Waals surface area contributed by atoms with Crippen LogP contribution in [0.3, 0.4) is 0 Å². The van der Waals surface area contributed by atoms with Gasteiger partial charge < -0.3 is 9.64 Å². The van der Waals surface area contributed by atoms with Gasteiger partial charge in [-0.1, -0.05) is 39.8 Å². The molecule has 1 fully saturated rings. The van der Waals surface area contributed by atoms with Gasteiger partial charge in [0.25, 0.3) is 0 Å². The summed E-state index contributed by atoms with van der Waals surface area (Å²) in [6.45, 7) is 15.9. The molecule has 5 nitrogen and oxygen atoms in total. The molecule has 1 aromatic carbocycles. The molecule has 1 aliphatic heterocycles. The Balaban J connectivity index is 1.70. The molecule has 1 aromatic heterocycles. The minimum Gasteiger partial charge on any atom is -0.444 e. The standard InChI is InChI=1S/C23H33N3O2/c1-15(2)20-12-21(16(3)4)26(24-20)19-10-8-17(9-11-19)18-13-25(14-18)22(27)28-23(5,6)7/h8-12,15-16,18H,13-14H2,1-7H3. The highest BCUT2D eigenvalue weighted by Gasteiger charge is 2.34. The maximum Gasteiger partial charge on any atom is 0.410 e. The van der Waals surface area contributed by atoms with Gasteiger partial charge in [0, 0.05) is 24.7 Å². The first-order chi connectivity index (χ1) is 13.0. The fourth-order valence-corrected chi connectivity index (χ4v) is 3.37. The third-order valence-corrected chi connectivity index (χ3v) is 5.08. The Kier molecular flexibility index (Phi) is 5.55. The lowest BCUT2D eigenvalue weighted by molar-refractivity contribution is 0.00819. The van der Waals surface area contributed by atoms with Crippen molar-refractivity contribution in [1.82, 2.24) is 14.7 Å². The van der Waals surface area contributed by atoms with Crippen LogP contribution in [0.2, 0.25) is 0 Å². The highest BCUT2D eigenvalue weighted by molar-refractivity contribution is 5.69. The van der Waals surface area contributed by atoms with E-state index in [1.54, 1.807) is 4.90 Å². The topological polar surface area (TPSA) is 47.4 Å². The number of hydrogen-bond acceptors (Lipinski definition) is 3. The Labute approximate surface area is 168 Å². The van der Waals surface area contributed by atoms with Crippen molar-refractivity contribution in [2.45, 2.75) is 71.8 Å². The number of ether oxygens (including phenoxy) is 1. The van der Waals surface area contributed by atoms with Crippen LogP contribution >= 0.6 is 0 Å². The van der Waals surface area contributed by atoms with E-state index >= 15 is 0 Å². The highest BCUT2D eigenvalue weighted by Crippen LogP contribution is 2.30. The maximum atomic E-state index is 12.1. The van der Waals surface area contributed by atoms with Gasteiger partial charge in [0.2, 0.25) is 0 Å². The number of benzene rings is 1. The summed E-state index contributed by atoms with van der Waals surface area (Å²) < 4.78 is 7.50. The molecule has 0 atom stereocenters. The molecular formula is C23H33N3O2. The number of hydrogen-bond donors (Lipinski definition) is 0. The number of nitrogens with zero attached hydrogens (tertiary/aromatic N) is 3. The molecule has 0 saturated carbocycles. The molecule has 0 spiro atoms. The van der Waals surface area contributed by atoms with E-state index in [1.165, 1.54) is 11.3 Å². The van der Waals surface area contributed by atoms with Crippen LogP contribution in [0.5, 0.6) is 0 Å². The van der Waals surface area contributed by atoms with E-state index in [9.17, 15) is 4.79 Å². The van der Waals surface area contributed by atoms with Crippen molar-refractivity contribution in [3.63, 3.8) is 0 Å². The van der Waals surface area contributed by atoms with Gasteiger partial charge in [0.1, 0.15) is 5.60 Å². The summed E-state index contributed by atoms with van der Waals surface area (Å²) in [4.78, 5) is 13.9. The van der Waals surface area contributed by atoms with Crippen LogP contribution in [-0.4, -0.2) is 39.5 Å². The molecule has 1 amide bonds. The minimum absolute atomic E-state index is 0.222. The lowest BCUT2D eigenvalue weighted by atomic mass is 9.92. The van der Waals surface area contributed by atoms with E-state index in [1.807, 2.05) is 20.8 Å². The van der Waals surface area contributed by atoms with Crippen molar-refractivity contribution < 1.29 is 9.53 Å². The van der Waals surface area contributed by atoms with Gasteiger partial charge in [-0.05, 0) is 56.4 Å². The molecule has 152 valence electrons. The Morgan fingerprint density at radius 3 is 2.18 bits per heavy atom. The van der Waals surface area contributed by atoms with Crippen LogP contribution in [0, 0.1) is 0 Å². The molecule has 2 heterocycles. The Morgan fingerprint density at radius 2 is 1.68 bits per heavy atom. The van der Waals surface area contributed by atoms with E-state index in [0.29, 0.717) is 30.8 Å². The van der Waals surface area contributed by atoms with Crippen molar-refractivity contribution in [1.29, 1.82) is 0 Å². The zero-order valence-corrected chi connectivity index (χ0v) is 18.2. The fraction of sp³-hybridized carbons (Fsp3) is 0.565. The number of rotatable bonds is 4. The van der Waals surface area contributed by atoms with E-state index in [2.05, 4.69) is 62.7 Å². The molecular weight excluding hydrogens is 350 g/mol. The zero-order chi connectivity index (χ0) is 20.6. The summed E-state index contributed by atoms with van der Waals surface area (Å²) in [5.74, 6) is 1.19. The summed E-state index contributed by atoms with van der Waals surface area (Å²) in [5.41, 5.74) is 4.25. The van der Waals surface area contributed by atoms with Crippen LogP contribution in [0.1, 0.15) is 83.2 Å². The van der Waals surface area contributed by atoms with Gasteiger partial charge >= 0.3 is 6.09 Å². The van der Waals surface area contributed by atoms with E-state index in [0.717, 1.165) is 11.4 Å². The van der Waals surface area contributed by atoms with Crippen LogP contribution in [0.4, 0.5) is 4.79 Å². The molecule has 2 aromatic rings. The second-order valence-electron chi connectivity index (χ2n) is 9.39. The third kappa shape index (κ3) is 4.40. The molecule has 0 N–H and O–H groups in total. The van der Waals surface area contributed by atoms with Crippen molar-refractivity contribution in [2.24, 2.45) is 0 Å². The zero-order valence-electron chi connectivity index (χ0n) is 18.2. The van der Waals surface area contributed by atoms with Crippen molar-refractivity contribution in [2.75, 3.05) is 13.1 Å². The predicted octanol–water partition coefficient (Wildman–Crippen LogP) is 5.45. The van der Waals surface area contributed by atoms with Gasteiger partial charge in [-0.25, -0.2) is 9.48 Å². The fourth-order valence-electron chi connectivity index (χ4n) is 3.37. The van der Waals surface area contributed by atoms with E-state index in [-0.39, 0.29) is 6.09 Å². The molecule has 0 unspecified atom stereocenters. The molecule has 0 aliphatic carbocycles. The lowest BCUT2D eigenvalue weighted by Gasteiger charge is -2.40. The minimum atomic E-state index is -0.448. The number of likely N-dealkylation sites (tertiary alicyclic amines) is 1. The Morgan fingerprint density at radius 1 is 1.07 bits per heavy atom. The number of carbonyl (C=O) groups excluding carboxylic acids is 1. The normalized spacial score (nSPS) is 15.2. The number of amides is 1. The van der Waals surface area contributed by atoms with Crippen molar-refractivity contribution in [3.05, 3.63) is 47.3 Å². The molecule has 5 heteroatoms. The monoisotopic (exact) mass is 383 g/mol. The Hall–Kier alpha value is -2.30. The Bertz CT molecular complexity index is 823. The van der Waals surface area contributed by atoms with Crippen LogP contribution in [0.25, 0.3) is 5.69 Å². The van der Waals surface area contributed by atoms with Crippen LogP contribution < -0.4 is 0 Å². The summed E-state index contributed by atoms with van der Waals surface area (Å²) >= 11 is 0. The van der Waals surface area contributed by atoms with Gasteiger partial charge in [-0.15, -0.1) is 0 Å². The van der Waals surface area contributed by atoms with Crippen LogP contribution in [-0.2, 0) is 4.74 Å². The van der Waals surface area contributed by atoms with Gasteiger partial charge in [-0.2, -0.15) is 5.10 Å². The summed E-state index contributed by atoms with van der Waals surface area (Å²) in [5, 5.41) is 4.83. The quantitative estimate of drug-likeness (QED) is 0.705. The molecule has 1 aliphatic rings. The van der Waals surface area contributed by atoms with Crippen molar-refractivity contribution in [3.8, 4) is 5.69 Å². The summed E-state index contributed by atoms with van der Waals surface area (Å²) in [6.07, 6.45) is -0.222. The van der Waals surface area contributed by atoms with Gasteiger partial charge in [-0.3, -0.25) is 0 Å². The second kappa shape index (κ2) is 7.61. The van der Waals surface area contributed by atoms with E-state index < -0.39 is 5.60 Å². The molecule has 1 saturated heterocycles. The predicted molar refractivity (Wildman–Crippen MR) is 112 cm³/mol. The van der Waals surface area contributed by atoms with Gasteiger partial charge in [0.05, 0.1) is 11.4 Å². The first-order valence-electron chi connectivity index (χ1n) is 10.2. The molecule has 0 radical (unpaired) electrons.